The monoisotopic (exact) mass is 344 g/mol. The summed E-state index contributed by atoms with van der Waals surface area (Å²) in [6, 6.07) is 9.35. The summed E-state index contributed by atoms with van der Waals surface area (Å²) in [5.41, 5.74) is 1.41. The lowest BCUT2D eigenvalue weighted by Crippen LogP contribution is -2.38. The highest BCUT2D eigenvalue weighted by Crippen LogP contribution is 2.19. The summed E-state index contributed by atoms with van der Waals surface area (Å²) in [4.78, 5) is 22.8. The Morgan fingerprint density at radius 2 is 2.04 bits per heavy atom. The van der Waals surface area contributed by atoms with Crippen molar-refractivity contribution in [3.63, 3.8) is 0 Å². The lowest BCUT2D eigenvalue weighted by molar-refractivity contribution is 0.0691. The highest BCUT2D eigenvalue weighted by Gasteiger charge is 2.22. The van der Waals surface area contributed by atoms with Gasteiger partial charge in [-0.3, -0.25) is 4.79 Å². The first kappa shape index (κ1) is 16.7. The molecule has 1 aliphatic heterocycles. The van der Waals surface area contributed by atoms with Crippen LogP contribution in [0.1, 0.15) is 35.8 Å². The largest absolute Gasteiger partial charge is 0.366 e. The van der Waals surface area contributed by atoms with Crippen LogP contribution in [0.4, 0.5) is 5.82 Å². The zero-order chi connectivity index (χ0) is 16.9. The van der Waals surface area contributed by atoms with E-state index in [1.807, 2.05) is 29.2 Å². The molecule has 0 radical (unpaired) electrons. The number of anilines is 1. The molecule has 0 aliphatic carbocycles. The van der Waals surface area contributed by atoms with Gasteiger partial charge in [0.2, 0.25) is 0 Å². The molecular formula is C18H21ClN4O. The molecular weight excluding hydrogens is 324 g/mol. The van der Waals surface area contributed by atoms with E-state index in [0.29, 0.717) is 29.0 Å². The average molecular weight is 345 g/mol. The maximum atomic E-state index is 12.6. The maximum absolute atomic E-state index is 12.6. The molecule has 0 spiro atoms. The molecule has 1 aliphatic rings. The number of hydrogen-bond donors (Lipinski definition) is 1. The van der Waals surface area contributed by atoms with Gasteiger partial charge in [-0.15, -0.1) is 0 Å². The van der Waals surface area contributed by atoms with Gasteiger partial charge in [-0.05, 0) is 30.4 Å². The smallest absolute Gasteiger partial charge is 0.272 e. The van der Waals surface area contributed by atoms with E-state index >= 15 is 0 Å². The van der Waals surface area contributed by atoms with Gasteiger partial charge in [-0.25, -0.2) is 9.97 Å². The number of likely N-dealkylation sites (tertiary alicyclic amines) is 1. The Morgan fingerprint density at radius 1 is 1.29 bits per heavy atom. The van der Waals surface area contributed by atoms with Crippen LogP contribution in [0.3, 0.4) is 0 Å². The number of amides is 1. The fourth-order valence-corrected chi connectivity index (χ4v) is 2.97. The second kappa shape index (κ2) is 7.62. The Bertz CT molecular complexity index is 714. The van der Waals surface area contributed by atoms with Crippen LogP contribution in [0.25, 0.3) is 0 Å². The molecule has 2 heterocycles. The number of piperidine rings is 1. The van der Waals surface area contributed by atoms with Gasteiger partial charge in [0.15, 0.2) is 0 Å². The normalized spacial score (nSPS) is 15.3. The molecule has 1 aromatic carbocycles. The minimum Gasteiger partial charge on any atom is -0.366 e. The fraction of sp³-hybridized carbons (Fsp3) is 0.389. The van der Waals surface area contributed by atoms with Gasteiger partial charge in [0, 0.05) is 30.7 Å². The summed E-state index contributed by atoms with van der Waals surface area (Å²) in [6.45, 7) is 4.37. The van der Waals surface area contributed by atoms with E-state index in [0.717, 1.165) is 31.5 Å². The second-order valence-corrected chi connectivity index (χ2v) is 6.62. The third-order valence-electron chi connectivity index (χ3n) is 4.37. The van der Waals surface area contributed by atoms with E-state index < -0.39 is 0 Å². The number of aromatic nitrogens is 2. The highest BCUT2D eigenvalue weighted by molar-refractivity contribution is 6.31. The van der Waals surface area contributed by atoms with Gasteiger partial charge >= 0.3 is 0 Å². The van der Waals surface area contributed by atoms with Crippen LogP contribution in [0.2, 0.25) is 5.02 Å². The van der Waals surface area contributed by atoms with Crippen molar-refractivity contribution < 1.29 is 4.79 Å². The van der Waals surface area contributed by atoms with E-state index in [9.17, 15) is 4.79 Å². The van der Waals surface area contributed by atoms with Gasteiger partial charge in [0.1, 0.15) is 17.8 Å². The average Bonchev–Trinajstić information content (AvgIpc) is 2.61. The van der Waals surface area contributed by atoms with E-state index in [1.165, 1.54) is 6.33 Å². The minimum absolute atomic E-state index is 0.0231. The summed E-state index contributed by atoms with van der Waals surface area (Å²) in [5.74, 6) is 1.29. The predicted octanol–water partition coefficient (Wildman–Crippen LogP) is 3.61. The van der Waals surface area contributed by atoms with Gasteiger partial charge in [0.25, 0.3) is 5.91 Å². The fourth-order valence-electron chi connectivity index (χ4n) is 2.77. The molecule has 3 rings (SSSR count). The Kier molecular flexibility index (Phi) is 5.30. The zero-order valence-electron chi connectivity index (χ0n) is 13.7. The molecule has 6 heteroatoms. The SMILES string of the molecule is CC1CCN(C(=O)c2cc(NCc3ccccc3Cl)ncn2)CC1. The van der Waals surface area contributed by atoms with Crippen molar-refractivity contribution in [3.05, 3.63) is 52.9 Å². The van der Waals surface area contributed by atoms with E-state index in [-0.39, 0.29) is 5.91 Å². The second-order valence-electron chi connectivity index (χ2n) is 6.21. The standard InChI is InChI=1S/C18H21ClN4O/c1-13-6-8-23(9-7-13)18(24)16-10-17(22-12-21-16)20-11-14-4-2-3-5-15(14)19/h2-5,10,12-13H,6-9,11H2,1H3,(H,20,21,22). The summed E-state index contributed by atoms with van der Waals surface area (Å²) in [5, 5.41) is 3.91. The number of rotatable bonds is 4. The van der Waals surface area contributed by atoms with Crippen LogP contribution < -0.4 is 5.32 Å². The minimum atomic E-state index is -0.0231. The van der Waals surface area contributed by atoms with Crippen LogP contribution >= 0.6 is 11.6 Å². The molecule has 1 saturated heterocycles. The Labute approximate surface area is 147 Å². The van der Waals surface area contributed by atoms with Crippen molar-refractivity contribution in [2.24, 2.45) is 5.92 Å². The van der Waals surface area contributed by atoms with Gasteiger partial charge in [0.05, 0.1) is 0 Å². The maximum Gasteiger partial charge on any atom is 0.272 e. The summed E-state index contributed by atoms with van der Waals surface area (Å²) < 4.78 is 0. The third kappa shape index (κ3) is 4.03. The lowest BCUT2D eigenvalue weighted by Gasteiger charge is -2.30. The number of halogens is 1. The molecule has 5 nitrogen and oxygen atoms in total. The molecule has 1 fully saturated rings. The zero-order valence-corrected chi connectivity index (χ0v) is 14.5. The first-order chi connectivity index (χ1) is 11.6. The molecule has 0 saturated carbocycles. The third-order valence-corrected chi connectivity index (χ3v) is 4.74. The van der Waals surface area contributed by atoms with Crippen LogP contribution in [0, 0.1) is 5.92 Å². The van der Waals surface area contributed by atoms with Crippen LogP contribution in [0.5, 0.6) is 0 Å². The van der Waals surface area contributed by atoms with Crippen LogP contribution in [-0.4, -0.2) is 33.9 Å². The van der Waals surface area contributed by atoms with Crippen molar-refractivity contribution in [1.29, 1.82) is 0 Å². The number of carbonyl (C=O) groups excluding carboxylic acids is 1. The molecule has 1 amide bonds. The first-order valence-corrected chi connectivity index (χ1v) is 8.60. The molecule has 1 N–H and O–H groups in total. The molecule has 0 atom stereocenters. The Morgan fingerprint density at radius 3 is 2.79 bits per heavy atom. The highest BCUT2D eigenvalue weighted by atomic mass is 35.5. The molecule has 1 aromatic heterocycles. The number of benzene rings is 1. The Hall–Kier alpha value is -2.14. The molecule has 126 valence electrons. The van der Waals surface area contributed by atoms with Crippen molar-refractivity contribution in [3.8, 4) is 0 Å². The van der Waals surface area contributed by atoms with Crippen molar-refractivity contribution >= 4 is 23.3 Å². The quantitative estimate of drug-likeness (QED) is 0.920. The molecule has 0 bridgehead atoms. The van der Waals surface area contributed by atoms with Crippen molar-refractivity contribution in [2.75, 3.05) is 18.4 Å². The lowest BCUT2D eigenvalue weighted by atomic mass is 9.99. The van der Waals surface area contributed by atoms with Gasteiger partial charge in [-0.2, -0.15) is 0 Å². The number of hydrogen-bond acceptors (Lipinski definition) is 4. The van der Waals surface area contributed by atoms with E-state index in [2.05, 4.69) is 22.2 Å². The van der Waals surface area contributed by atoms with E-state index in [1.54, 1.807) is 6.07 Å². The predicted molar refractivity (Wildman–Crippen MR) is 95.1 cm³/mol. The van der Waals surface area contributed by atoms with Gasteiger partial charge < -0.3 is 10.2 Å². The summed E-state index contributed by atoms with van der Waals surface area (Å²) in [6.07, 6.45) is 3.53. The van der Waals surface area contributed by atoms with Crippen LogP contribution in [0.15, 0.2) is 36.7 Å². The number of nitrogens with zero attached hydrogens (tertiary/aromatic N) is 3. The van der Waals surface area contributed by atoms with Crippen molar-refractivity contribution in [2.45, 2.75) is 26.3 Å². The Balaban J connectivity index is 1.65. The number of carbonyl (C=O) groups is 1. The summed E-state index contributed by atoms with van der Waals surface area (Å²) in [7, 11) is 0. The van der Waals surface area contributed by atoms with E-state index in [4.69, 9.17) is 11.6 Å². The molecule has 2 aromatic rings. The molecule has 24 heavy (non-hydrogen) atoms. The van der Waals surface area contributed by atoms with Crippen LogP contribution in [-0.2, 0) is 6.54 Å². The van der Waals surface area contributed by atoms with Crippen molar-refractivity contribution in [1.82, 2.24) is 14.9 Å². The molecule has 0 unspecified atom stereocenters. The van der Waals surface area contributed by atoms with Gasteiger partial charge in [-0.1, -0.05) is 36.7 Å². The number of nitrogens with one attached hydrogen (secondary N) is 1. The topological polar surface area (TPSA) is 58.1 Å². The summed E-state index contributed by atoms with van der Waals surface area (Å²) >= 11 is 6.15. The first-order valence-electron chi connectivity index (χ1n) is 8.22.